The van der Waals surface area contributed by atoms with Gasteiger partial charge in [-0.15, -0.1) is 0 Å². The molecular weight excluding hydrogens is 217 g/mol. The third-order valence-corrected chi connectivity index (χ3v) is 2.80. The van der Waals surface area contributed by atoms with Crippen molar-refractivity contribution in [1.82, 2.24) is 9.61 Å². The maximum absolute atomic E-state index is 12.5. The Morgan fingerprint density at radius 3 is 2.62 bits per heavy atom. The first-order valence-electron chi connectivity index (χ1n) is 5.10. The Hall–Kier alpha value is -1.52. The Bertz CT molecular complexity index is 538. The molecule has 0 aromatic carbocycles. The summed E-state index contributed by atoms with van der Waals surface area (Å²) in [5.41, 5.74) is 0.958. The zero-order valence-corrected chi connectivity index (χ0v) is 8.33. The average molecular weight is 226 g/mol. The lowest BCUT2D eigenvalue weighted by Gasteiger charge is -2.05. The van der Waals surface area contributed by atoms with Gasteiger partial charge < -0.3 is 0 Å². The standard InChI is InChI=1S/C11H9F3N2/c12-11(13,14)8-3-4-9-5-10(7-1-2-7)15-16(9)6-8/h3-7H,1-2H2. The lowest BCUT2D eigenvalue weighted by molar-refractivity contribution is -0.137. The molecule has 2 heterocycles. The summed E-state index contributed by atoms with van der Waals surface area (Å²) in [7, 11) is 0. The van der Waals surface area contributed by atoms with Gasteiger partial charge in [0.1, 0.15) is 0 Å². The third kappa shape index (κ3) is 1.56. The molecule has 0 bridgehead atoms. The SMILES string of the molecule is FC(F)(F)c1ccc2cc(C3CC3)nn2c1. The predicted molar refractivity (Wildman–Crippen MR) is 52.2 cm³/mol. The number of halogens is 3. The largest absolute Gasteiger partial charge is 0.417 e. The van der Waals surface area contributed by atoms with Crippen molar-refractivity contribution in [2.75, 3.05) is 0 Å². The first-order chi connectivity index (χ1) is 7.54. The van der Waals surface area contributed by atoms with E-state index in [1.807, 2.05) is 6.07 Å². The Labute approximate surface area is 89.7 Å². The zero-order valence-electron chi connectivity index (χ0n) is 8.33. The summed E-state index contributed by atoms with van der Waals surface area (Å²) in [6.45, 7) is 0. The molecule has 0 radical (unpaired) electrons. The van der Waals surface area contributed by atoms with Crippen LogP contribution in [0.1, 0.15) is 30.0 Å². The van der Waals surface area contributed by atoms with Gasteiger partial charge in [-0.1, -0.05) is 0 Å². The Balaban J connectivity index is 2.10. The summed E-state index contributed by atoms with van der Waals surface area (Å²) < 4.78 is 38.7. The smallest absolute Gasteiger partial charge is 0.240 e. The Kier molecular flexibility index (Phi) is 1.81. The molecule has 5 heteroatoms. The molecule has 2 aromatic rings. The number of fused-ring (bicyclic) bond motifs is 1. The van der Waals surface area contributed by atoms with E-state index >= 15 is 0 Å². The van der Waals surface area contributed by atoms with E-state index in [0.717, 1.165) is 36.3 Å². The first kappa shape index (κ1) is 9.69. The molecule has 0 saturated heterocycles. The molecule has 2 nitrogen and oxygen atoms in total. The lowest BCUT2D eigenvalue weighted by atomic mass is 10.2. The number of rotatable bonds is 1. The van der Waals surface area contributed by atoms with Crippen LogP contribution in [0.3, 0.4) is 0 Å². The minimum Gasteiger partial charge on any atom is -0.240 e. The highest BCUT2D eigenvalue weighted by atomic mass is 19.4. The van der Waals surface area contributed by atoms with Crippen molar-refractivity contribution >= 4 is 5.52 Å². The number of nitrogens with zero attached hydrogens (tertiary/aromatic N) is 2. The van der Waals surface area contributed by atoms with Crippen LogP contribution in [0.2, 0.25) is 0 Å². The average Bonchev–Trinajstić information content (AvgIpc) is 2.96. The van der Waals surface area contributed by atoms with Crippen molar-refractivity contribution in [1.29, 1.82) is 0 Å². The normalized spacial score (nSPS) is 16.9. The fraction of sp³-hybridized carbons (Fsp3) is 0.364. The highest BCUT2D eigenvalue weighted by molar-refractivity contribution is 5.49. The molecular formula is C11H9F3N2. The van der Waals surface area contributed by atoms with E-state index < -0.39 is 11.7 Å². The highest BCUT2D eigenvalue weighted by Gasteiger charge is 2.31. The van der Waals surface area contributed by atoms with Gasteiger partial charge >= 0.3 is 6.18 Å². The quantitative estimate of drug-likeness (QED) is 0.729. The van der Waals surface area contributed by atoms with Gasteiger partial charge in [0.05, 0.1) is 16.8 Å². The minimum atomic E-state index is -4.31. The summed E-state index contributed by atoms with van der Waals surface area (Å²) in [4.78, 5) is 0. The van der Waals surface area contributed by atoms with Crippen molar-refractivity contribution in [3.8, 4) is 0 Å². The molecule has 0 unspecified atom stereocenters. The summed E-state index contributed by atoms with van der Waals surface area (Å²) in [5.74, 6) is 0.453. The van der Waals surface area contributed by atoms with Crippen molar-refractivity contribution < 1.29 is 13.2 Å². The number of hydrogen-bond acceptors (Lipinski definition) is 1. The van der Waals surface area contributed by atoms with Gasteiger partial charge in [0.25, 0.3) is 0 Å². The second kappa shape index (κ2) is 2.99. The monoisotopic (exact) mass is 226 g/mol. The number of hydrogen-bond donors (Lipinski definition) is 0. The van der Waals surface area contributed by atoms with Crippen molar-refractivity contribution in [3.63, 3.8) is 0 Å². The van der Waals surface area contributed by atoms with Gasteiger partial charge in [-0.2, -0.15) is 18.3 Å². The fourth-order valence-corrected chi connectivity index (χ4v) is 1.75. The maximum Gasteiger partial charge on any atom is 0.417 e. The van der Waals surface area contributed by atoms with Gasteiger partial charge in [0, 0.05) is 12.1 Å². The molecule has 0 amide bonds. The molecule has 0 N–H and O–H groups in total. The first-order valence-corrected chi connectivity index (χ1v) is 5.10. The Morgan fingerprint density at radius 2 is 2.00 bits per heavy atom. The van der Waals surface area contributed by atoms with Crippen LogP contribution in [0, 0.1) is 0 Å². The second-order valence-electron chi connectivity index (χ2n) is 4.13. The van der Waals surface area contributed by atoms with Gasteiger partial charge in [-0.3, -0.25) is 0 Å². The fourth-order valence-electron chi connectivity index (χ4n) is 1.75. The molecule has 1 aliphatic rings. The van der Waals surface area contributed by atoms with E-state index in [4.69, 9.17) is 0 Å². The van der Waals surface area contributed by atoms with Crippen LogP contribution < -0.4 is 0 Å². The van der Waals surface area contributed by atoms with Crippen LogP contribution in [-0.2, 0) is 6.18 Å². The minimum absolute atomic E-state index is 0.453. The number of pyridine rings is 1. The molecule has 1 saturated carbocycles. The van der Waals surface area contributed by atoms with Crippen molar-refractivity contribution in [2.24, 2.45) is 0 Å². The van der Waals surface area contributed by atoms with Gasteiger partial charge in [0.2, 0.25) is 0 Å². The summed E-state index contributed by atoms with van der Waals surface area (Å²) in [6, 6.07) is 4.41. The van der Waals surface area contributed by atoms with E-state index in [0.29, 0.717) is 5.92 Å². The van der Waals surface area contributed by atoms with Crippen LogP contribution in [-0.4, -0.2) is 9.61 Å². The molecule has 3 rings (SSSR count). The molecule has 0 atom stereocenters. The van der Waals surface area contributed by atoms with Crippen LogP contribution in [0.15, 0.2) is 24.4 Å². The molecule has 16 heavy (non-hydrogen) atoms. The number of aromatic nitrogens is 2. The number of alkyl halides is 3. The third-order valence-electron chi connectivity index (χ3n) is 2.80. The summed E-state index contributed by atoms with van der Waals surface area (Å²) >= 11 is 0. The lowest BCUT2D eigenvalue weighted by Crippen LogP contribution is -2.06. The van der Waals surface area contributed by atoms with E-state index in [1.165, 1.54) is 10.6 Å². The van der Waals surface area contributed by atoms with Crippen LogP contribution in [0.25, 0.3) is 5.52 Å². The summed E-state index contributed by atoms with van der Waals surface area (Å²) in [6.07, 6.45) is -1.08. The van der Waals surface area contributed by atoms with Crippen LogP contribution in [0.5, 0.6) is 0 Å². The zero-order chi connectivity index (χ0) is 11.3. The molecule has 1 fully saturated rings. The maximum atomic E-state index is 12.5. The molecule has 1 aliphatic carbocycles. The second-order valence-corrected chi connectivity index (χ2v) is 4.13. The van der Waals surface area contributed by atoms with E-state index in [-0.39, 0.29) is 0 Å². The molecule has 84 valence electrons. The topological polar surface area (TPSA) is 17.3 Å². The van der Waals surface area contributed by atoms with Gasteiger partial charge in [0.15, 0.2) is 0 Å². The van der Waals surface area contributed by atoms with E-state index in [2.05, 4.69) is 5.10 Å². The molecule has 0 spiro atoms. The van der Waals surface area contributed by atoms with Gasteiger partial charge in [-0.05, 0) is 31.0 Å². The van der Waals surface area contributed by atoms with Crippen molar-refractivity contribution in [2.45, 2.75) is 24.9 Å². The van der Waals surface area contributed by atoms with Crippen molar-refractivity contribution in [3.05, 3.63) is 35.7 Å². The summed E-state index contributed by atoms with van der Waals surface area (Å²) in [5, 5.41) is 4.17. The van der Waals surface area contributed by atoms with Crippen LogP contribution in [0.4, 0.5) is 13.2 Å². The van der Waals surface area contributed by atoms with E-state index in [1.54, 1.807) is 0 Å². The highest BCUT2D eigenvalue weighted by Crippen LogP contribution is 2.39. The molecule has 0 aliphatic heterocycles. The predicted octanol–water partition coefficient (Wildman–Crippen LogP) is 3.23. The van der Waals surface area contributed by atoms with E-state index in [9.17, 15) is 13.2 Å². The van der Waals surface area contributed by atoms with Gasteiger partial charge in [-0.25, -0.2) is 4.52 Å². The Morgan fingerprint density at radius 1 is 1.25 bits per heavy atom. The molecule has 2 aromatic heterocycles. The van der Waals surface area contributed by atoms with Crippen LogP contribution >= 0.6 is 0 Å².